The molecule has 1 saturated carbocycles. The van der Waals surface area contributed by atoms with Gasteiger partial charge in [0.2, 0.25) is 10.0 Å². The van der Waals surface area contributed by atoms with Gasteiger partial charge in [-0.1, -0.05) is 12.1 Å². The van der Waals surface area contributed by atoms with Crippen molar-refractivity contribution in [1.29, 1.82) is 0 Å². The summed E-state index contributed by atoms with van der Waals surface area (Å²) in [5.41, 5.74) is 0.221. The van der Waals surface area contributed by atoms with Crippen LogP contribution in [0.25, 0.3) is 0 Å². The Hall–Kier alpha value is -2.78. The van der Waals surface area contributed by atoms with E-state index >= 15 is 0 Å². The molecule has 2 aromatic rings. The van der Waals surface area contributed by atoms with Crippen molar-refractivity contribution in [1.82, 2.24) is 10.0 Å². The summed E-state index contributed by atoms with van der Waals surface area (Å²) in [5, 5.41) is 2.77. The number of amides is 1. The molecule has 9 heteroatoms. The Morgan fingerprint density at radius 2 is 1.93 bits per heavy atom. The highest BCUT2D eigenvalue weighted by atomic mass is 32.2. The molecule has 0 radical (unpaired) electrons. The van der Waals surface area contributed by atoms with Gasteiger partial charge in [-0.15, -0.1) is 0 Å². The molecule has 0 spiro atoms. The van der Waals surface area contributed by atoms with Crippen molar-refractivity contribution in [2.45, 2.75) is 29.9 Å². The van der Waals surface area contributed by atoms with Gasteiger partial charge in [-0.3, -0.25) is 4.79 Å². The molecule has 8 nitrogen and oxygen atoms in total. The van der Waals surface area contributed by atoms with E-state index in [4.69, 9.17) is 14.2 Å². The van der Waals surface area contributed by atoms with Crippen LogP contribution in [0.5, 0.6) is 17.2 Å². The summed E-state index contributed by atoms with van der Waals surface area (Å²) < 4.78 is 44.4. The highest BCUT2D eigenvalue weighted by Crippen LogP contribution is 2.31. The minimum Gasteiger partial charge on any atom is -0.495 e. The molecule has 0 unspecified atom stereocenters. The minimum absolute atomic E-state index is 0.0477. The summed E-state index contributed by atoms with van der Waals surface area (Å²) in [6.07, 6.45) is 1.29. The Balaban J connectivity index is 1.44. The normalized spacial score (nSPS) is 18.2. The van der Waals surface area contributed by atoms with Gasteiger partial charge in [-0.2, -0.15) is 0 Å². The predicted octanol–water partition coefficient (Wildman–Crippen LogP) is 1.71. The molecule has 2 aliphatic rings. The zero-order chi connectivity index (χ0) is 20.4. The lowest BCUT2D eigenvalue weighted by molar-refractivity contribution is 0.0789. The quantitative estimate of drug-likeness (QED) is 0.710. The Morgan fingerprint density at radius 3 is 2.66 bits per heavy atom. The summed E-state index contributed by atoms with van der Waals surface area (Å²) in [6.45, 7) is 0.534. The number of sulfonamides is 1. The van der Waals surface area contributed by atoms with Gasteiger partial charge in [0.1, 0.15) is 23.4 Å². The van der Waals surface area contributed by atoms with E-state index in [2.05, 4.69) is 10.0 Å². The van der Waals surface area contributed by atoms with Crippen molar-refractivity contribution >= 4 is 15.9 Å². The molecule has 1 aliphatic heterocycles. The Morgan fingerprint density at radius 1 is 1.17 bits per heavy atom. The van der Waals surface area contributed by atoms with E-state index in [1.807, 2.05) is 18.2 Å². The molecule has 29 heavy (non-hydrogen) atoms. The zero-order valence-corrected chi connectivity index (χ0v) is 16.7. The summed E-state index contributed by atoms with van der Waals surface area (Å²) in [7, 11) is -2.37. The van der Waals surface area contributed by atoms with E-state index in [1.54, 1.807) is 6.07 Å². The van der Waals surface area contributed by atoms with Gasteiger partial charge in [0.25, 0.3) is 5.91 Å². The summed E-state index contributed by atoms with van der Waals surface area (Å²) in [5.74, 6) is 1.08. The first kappa shape index (κ1) is 19.5. The first-order valence-electron chi connectivity index (χ1n) is 9.33. The first-order chi connectivity index (χ1) is 14.0. The molecule has 1 heterocycles. The highest BCUT2D eigenvalue weighted by Gasteiger charge is 2.30. The van der Waals surface area contributed by atoms with Gasteiger partial charge < -0.3 is 19.5 Å². The van der Waals surface area contributed by atoms with Crippen molar-refractivity contribution in [3.05, 3.63) is 48.0 Å². The molecule has 2 aromatic carbocycles. The second-order valence-electron chi connectivity index (χ2n) is 6.97. The fraction of sp³-hybridized carbons (Fsp3) is 0.350. The maximum atomic E-state index is 12.6. The standard InChI is InChI=1S/C20H22N2O6S/c1-26-18-9-6-13(10-19(18)29(24,25)22-14-7-8-14)20(23)21-11-15-12-27-16-4-2-3-5-17(16)28-15/h2-6,9-10,14-15,22H,7-8,11-12H2,1H3,(H,21,23)/t15-/m0/s1. The fourth-order valence-corrected chi connectivity index (χ4v) is 4.48. The van der Waals surface area contributed by atoms with Crippen LogP contribution < -0.4 is 24.2 Å². The van der Waals surface area contributed by atoms with E-state index in [0.29, 0.717) is 18.1 Å². The molecule has 1 fully saturated rings. The first-order valence-corrected chi connectivity index (χ1v) is 10.8. The van der Waals surface area contributed by atoms with Crippen LogP contribution in [0.4, 0.5) is 0 Å². The van der Waals surface area contributed by atoms with E-state index in [-0.39, 0.29) is 34.9 Å². The third-order valence-corrected chi connectivity index (χ3v) is 6.21. The van der Waals surface area contributed by atoms with E-state index in [9.17, 15) is 13.2 Å². The molecule has 0 saturated heterocycles. The second kappa shape index (κ2) is 7.92. The molecule has 0 aromatic heterocycles. The lowest BCUT2D eigenvalue weighted by Crippen LogP contribution is -2.40. The van der Waals surface area contributed by atoms with Crippen LogP contribution in [-0.4, -0.2) is 46.7 Å². The maximum Gasteiger partial charge on any atom is 0.251 e. The Labute approximate surface area is 169 Å². The fourth-order valence-electron chi connectivity index (χ4n) is 2.98. The monoisotopic (exact) mass is 418 g/mol. The second-order valence-corrected chi connectivity index (χ2v) is 8.65. The van der Waals surface area contributed by atoms with Gasteiger partial charge in [0, 0.05) is 11.6 Å². The van der Waals surface area contributed by atoms with Gasteiger partial charge >= 0.3 is 0 Å². The number of fused-ring (bicyclic) bond motifs is 1. The molecular formula is C20H22N2O6S. The molecule has 1 atom stereocenters. The molecule has 0 bridgehead atoms. The smallest absolute Gasteiger partial charge is 0.251 e. The molecule has 1 aliphatic carbocycles. The highest BCUT2D eigenvalue weighted by molar-refractivity contribution is 7.89. The topological polar surface area (TPSA) is 103 Å². The number of carbonyl (C=O) groups is 1. The molecule has 154 valence electrons. The van der Waals surface area contributed by atoms with Crippen LogP contribution >= 0.6 is 0 Å². The van der Waals surface area contributed by atoms with E-state index in [1.165, 1.54) is 25.3 Å². The number of rotatable bonds is 7. The summed E-state index contributed by atoms with van der Waals surface area (Å²) >= 11 is 0. The van der Waals surface area contributed by atoms with Gasteiger partial charge in [-0.05, 0) is 43.2 Å². The Bertz CT molecular complexity index is 1020. The summed E-state index contributed by atoms with van der Waals surface area (Å²) in [4.78, 5) is 12.5. The van der Waals surface area contributed by atoms with Gasteiger partial charge in [0.15, 0.2) is 11.5 Å². The number of para-hydroxylation sites is 2. The average molecular weight is 418 g/mol. The van der Waals surface area contributed by atoms with Crippen molar-refractivity contribution in [3.8, 4) is 17.2 Å². The third kappa shape index (κ3) is 4.46. The molecule has 4 rings (SSSR count). The van der Waals surface area contributed by atoms with Crippen LogP contribution in [-0.2, 0) is 10.0 Å². The van der Waals surface area contributed by atoms with Crippen molar-refractivity contribution in [3.63, 3.8) is 0 Å². The third-order valence-electron chi connectivity index (χ3n) is 4.67. The van der Waals surface area contributed by atoms with Gasteiger partial charge in [-0.25, -0.2) is 13.1 Å². The van der Waals surface area contributed by atoms with Crippen LogP contribution in [0.1, 0.15) is 23.2 Å². The van der Waals surface area contributed by atoms with E-state index < -0.39 is 15.9 Å². The minimum atomic E-state index is -3.76. The van der Waals surface area contributed by atoms with Crippen LogP contribution in [0, 0.1) is 0 Å². The number of ether oxygens (including phenoxy) is 3. The maximum absolute atomic E-state index is 12.6. The van der Waals surface area contributed by atoms with Crippen LogP contribution in [0.3, 0.4) is 0 Å². The van der Waals surface area contributed by atoms with Gasteiger partial charge in [0.05, 0.1) is 13.7 Å². The average Bonchev–Trinajstić information content (AvgIpc) is 3.54. The number of benzene rings is 2. The predicted molar refractivity (Wildman–Crippen MR) is 105 cm³/mol. The van der Waals surface area contributed by atoms with Crippen molar-refractivity contribution in [2.75, 3.05) is 20.3 Å². The van der Waals surface area contributed by atoms with Crippen LogP contribution in [0.2, 0.25) is 0 Å². The van der Waals surface area contributed by atoms with Crippen molar-refractivity contribution < 1.29 is 27.4 Å². The number of carbonyl (C=O) groups excluding carboxylic acids is 1. The number of hydrogen-bond donors (Lipinski definition) is 2. The van der Waals surface area contributed by atoms with Crippen molar-refractivity contribution in [2.24, 2.45) is 0 Å². The Kier molecular flexibility index (Phi) is 5.33. The zero-order valence-electron chi connectivity index (χ0n) is 15.9. The lowest BCUT2D eigenvalue weighted by Gasteiger charge is -2.26. The largest absolute Gasteiger partial charge is 0.495 e. The molecule has 1 amide bonds. The number of nitrogens with one attached hydrogen (secondary N) is 2. The SMILES string of the molecule is COc1ccc(C(=O)NC[C@H]2COc3ccccc3O2)cc1S(=O)(=O)NC1CC1. The summed E-state index contributed by atoms with van der Waals surface area (Å²) in [6, 6.07) is 11.6. The molecular weight excluding hydrogens is 396 g/mol. The van der Waals surface area contributed by atoms with E-state index in [0.717, 1.165) is 12.8 Å². The van der Waals surface area contributed by atoms with Crippen LogP contribution in [0.15, 0.2) is 47.4 Å². The lowest BCUT2D eigenvalue weighted by atomic mass is 10.2. The number of methoxy groups -OCH3 is 1. The molecule has 2 N–H and O–H groups in total. The number of hydrogen-bond acceptors (Lipinski definition) is 6.